The first-order chi connectivity index (χ1) is 11.5. The highest BCUT2D eigenvalue weighted by Crippen LogP contribution is 2.54. The summed E-state index contributed by atoms with van der Waals surface area (Å²) in [4.78, 5) is 0. The average Bonchev–Trinajstić information content (AvgIpc) is 2.43. The van der Waals surface area contributed by atoms with Gasteiger partial charge in [-0.1, -0.05) is 18.2 Å². The molecule has 11 heteroatoms. The fourth-order valence-corrected chi connectivity index (χ4v) is 3.68. The average molecular weight is 406 g/mol. The van der Waals surface area contributed by atoms with E-state index in [1.54, 1.807) is 0 Å². The van der Waals surface area contributed by atoms with Gasteiger partial charge in [-0.2, -0.15) is 35.1 Å². The Morgan fingerprint density at radius 2 is 1.46 bits per heavy atom. The summed E-state index contributed by atoms with van der Waals surface area (Å²) in [6, 6.07) is 4.13. The van der Waals surface area contributed by atoms with Crippen molar-refractivity contribution in [3.63, 3.8) is 0 Å². The molecule has 0 saturated carbocycles. The first-order valence-corrected chi connectivity index (χ1v) is 10.6. The van der Waals surface area contributed by atoms with E-state index in [0.29, 0.717) is 0 Å². The van der Waals surface area contributed by atoms with E-state index in [4.69, 9.17) is 4.43 Å². The molecule has 1 unspecified atom stereocenters. The second-order valence-electron chi connectivity index (χ2n) is 6.63. The summed E-state index contributed by atoms with van der Waals surface area (Å²) in [5, 5.41) is 0. The molecule has 1 atom stereocenters. The Kier molecular flexibility index (Phi) is 4.73. The molecule has 1 aromatic carbocycles. The standard InChI is InChI=1S/C15H14F8O2Si/c1-26(2,3)25-12(14(18,19)20)8-11(13(16,17)15(21,22)23)24-10-7-5-4-6-9(10)12/h4-8H,1-3H3. The van der Waals surface area contributed by atoms with Crippen molar-refractivity contribution in [3.8, 4) is 5.75 Å². The predicted molar refractivity (Wildman–Crippen MR) is 78.3 cm³/mol. The number of benzene rings is 1. The molecule has 0 spiro atoms. The summed E-state index contributed by atoms with van der Waals surface area (Å²) in [6.45, 7) is 4.07. The van der Waals surface area contributed by atoms with Crippen molar-refractivity contribution in [2.75, 3.05) is 0 Å². The molecule has 0 N–H and O–H groups in total. The lowest BCUT2D eigenvalue weighted by Crippen LogP contribution is -2.53. The van der Waals surface area contributed by atoms with Gasteiger partial charge in [0.1, 0.15) is 5.75 Å². The molecule has 0 fully saturated rings. The lowest BCUT2D eigenvalue weighted by molar-refractivity contribution is -0.277. The van der Waals surface area contributed by atoms with E-state index >= 15 is 0 Å². The van der Waals surface area contributed by atoms with Gasteiger partial charge in [0.15, 0.2) is 14.1 Å². The van der Waals surface area contributed by atoms with Gasteiger partial charge in [0.2, 0.25) is 5.60 Å². The maximum Gasteiger partial charge on any atom is 0.461 e. The molecule has 1 aromatic rings. The maximum absolute atomic E-state index is 13.9. The van der Waals surface area contributed by atoms with Crippen LogP contribution >= 0.6 is 0 Å². The Morgan fingerprint density at radius 1 is 0.923 bits per heavy atom. The minimum absolute atomic E-state index is 0.304. The molecule has 0 aliphatic carbocycles. The van der Waals surface area contributed by atoms with Gasteiger partial charge >= 0.3 is 18.3 Å². The Hall–Kier alpha value is -1.62. The van der Waals surface area contributed by atoms with Crippen molar-refractivity contribution >= 4 is 8.32 Å². The largest absolute Gasteiger partial charge is 0.461 e. The van der Waals surface area contributed by atoms with Crippen LogP contribution in [0.2, 0.25) is 19.6 Å². The van der Waals surface area contributed by atoms with Gasteiger partial charge in [-0.3, -0.25) is 0 Å². The number of alkyl halides is 8. The van der Waals surface area contributed by atoms with E-state index in [2.05, 4.69) is 4.74 Å². The van der Waals surface area contributed by atoms with Crippen molar-refractivity contribution in [2.45, 2.75) is 43.5 Å². The zero-order valence-electron chi connectivity index (χ0n) is 13.7. The van der Waals surface area contributed by atoms with Gasteiger partial charge in [0.25, 0.3) is 0 Å². The number of para-hydroxylation sites is 1. The van der Waals surface area contributed by atoms with Crippen LogP contribution < -0.4 is 4.74 Å². The van der Waals surface area contributed by atoms with Crippen molar-refractivity contribution in [1.82, 2.24) is 0 Å². The van der Waals surface area contributed by atoms with Gasteiger partial charge < -0.3 is 9.16 Å². The zero-order valence-corrected chi connectivity index (χ0v) is 14.7. The highest BCUT2D eigenvalue weighted by Gasteiger charge is 2.67. The molecule has 1 heterocycles. The second-order valence-corrected chi connectivity index (χ2v) is 11.1. The van der Waals surface area contributed by atoms with Crippen LogP contribution in [-0.2, 0) is 10.0 Å². The third-order valence-corrected chi connectivity index (χ3v) is 4.33. The normalized spacial score (nSPS) is 21.7. The van der Waals surface area contributed by atoms with E-state index < -0.39 is 49.3 Å². The van der Waals surface area contributed by atoms with Crippen LogP contribution in [0.3, 0.4) is 0 Å². The number of hydrogen-bond donors (Lipinski definition) is 0. The van der Waals surface area contributed by atoms with Crippen molar-refractivity contribution in [3.05, 3.63) is 41.7 Å². The van der Waals surface area contributed by atoms with E-state index in [1.807, 2.05) is 0 Å². The fourth-order valence-electron chi connectivity index (χ4n) is 2.43. The summed E-state index contributed by atoms with van der Waals surface area (Å²) < 4.78 is 117. The maximum atomic E-state index is 13.9. The van der Waals surface area contributed by atoms with Gasteiger partial charge in [0, 0.05) is 11.6 Å². The molecule has 0 radical (unpaired) electrons. The van der Waals surface area contributed by atoms with Crippen LogP contribution in [0, 0.1) is 0 Å². The third-order valence-electron chi connectivity index (χ3n) is 3.40. The zero-order chi connectivity index (χ0) is 20.2. The third kappa shape index (κ3) is 3.46. The molecule has 2 nitrogen and oxygen atoms in total. The molecule has 26 heavy (non-hydrogen) atoms. The lowest BCUT2D eigenvalue weighted by atomic mass is 9.88. The van der Waals surface area contributed by atoms with Crippen LogP contribution in [0.25, 0.3) is 0 Å². The Labute approximate surface area is 144 Å². The number of ether oxygens (including phenoxy) is 1. The molecule has 2 rings (SSSR count). The molecule has 1 aliphatic heterocycles. The Balaban J connectivity index is 2.81. The minimum Gasteiger partial charge on any atom is -0.455 e. The predicted octanol–water partition coefficient (Wildman–Crippen LogP) is 5.77. The SMILES string of the molecule is C[Si](C)(C)OC1(C(F)(F)F)C=C(C(F)(F)C(F)(F)F)Oc2ccccc21. The fraction of sp³-hybridized carbons (Fsp3) is 0.467. The minimum atomic E-state index is -6.14. The monoisotopic (exact) mass is 406 g/mol. The number of fused-ring (bicyclic) bond motifs is 1. The topological polar surface area (TPSA) is 18.5 Å². The number of halogens is 8. The van der Waals surface area contributed by atoms with E-state index in [0.717, 1.165) is 18.2 Å². The molecule has 0 bridgehead atoms. The molecule has 0 saturated heterocycles. The number of allylic oxidation sites excluding steroid dienone is 1. The lowest BCUT2D eigenvalue weighted by Gasteiger charge is -2.42. The molecular formula is C15H14F8O2Si. The Bertz CT molecular complexity index is 718. The number of rotatable bonds is 3. The van der Waals surface area contributed by atoms with Crippen LogP contribution in [0.15, 0.2) is 36.1 Å². The molecule has 0 aromatic heterocycles. The van der Waals surface area contributed by atoms with Gasteiger partial charge in [-0.25, -0.2) is 0 Å². The van der Waals surface area contributed by atoms with Crippen LogP contribution in [0.5, 0.6) is 5.75 Å². The smallest absolute Gasteiger partial charge is 0.455 e. The summed E-state index contributed by atoms with van der Waals surface area (Å²) in [5.41, 5.74) is -4.16. The molecule has 0 amide bonds. The molecule has 146 valence electrons. The van der Waals surface area contributed by atoms with E-state index in [1.165, 1.54) is 25.7 Å². The van der Waals surface area contributed by atoms with Crippen molar-refractivity contribution < 1.29 is 44.3 Å². The second kappa shape index (κ2) is 5.94. The van der Waals surface area contributed by atoms with Crippen LogP contribution in [0.4, 0.5) is 35.1 Å². The van der Waals surface area contributed by atoms with Crippen LogP contribution in [0.1, 0.15) is 5.56 Å². The summed E-state index contributed by atoms with van der Waals surface area (Å²) in [5.74, 6) is -8.57. The first-order valence-electron chi connectivity index (χ1n) is 7.23. The van der Waals surface area contributed by atoms with Gasteiger partial charge in [0.05, 0.1) is 0 Å². The summed E-state index contributed by atoms with van der Waals surface area (Å²) >= 11 is 0. The van der Waals surface area contributed by atoms with E-state index in [-0.39, 0.29) is 6.08 Å². The highest BCUT2D eigenvalue weighted by atomic mass is 28.4. The van der Waals surface area contributed by atoms with E-state index in [9.17, 15) is 35.1 Å². The quantitative estimate of drug-likeness (QED) is 0.469. The van der Waals surface area contributed by atoms with Crippen molar-refractivity contribution in [1.29, 1.82) is 0 Å². The highest BCUT2D eigenvalue weighted by molar-refractivity contribution is 6.69. The summed E-state index contributed by atoms with van der Waals surface area (Å²) in [7, 11) is -3.08. The first kappa shape index (κ1) is 20.7. The molecular weight excluding hydrogens is 392 g/mol. The number of hydrogen-bond acceptors (Lipinski definition) is 2. The van der Waals surface area contributed by atoms with Crippen molar-refractivity contribution in [2.24, 2.45) is 0 Å². The van der Waals surface area contributed by atoms with Crippen LogP contribution in [-0.4, -0.2) is 26.6 Å². The van der Waals surface area contributed by atoms with Gasteiger partial charge in [-0.15, -0.1) is 0 Å². The van der Waals surface area contributed by atoms with Gasteiger partial charge in [-0.05, 0) is 25.7 Å². The Morgan fingerprint density at radius 3 is 1.92 bits per heavy atom. The summed E-state index contributed by atoms with van der Waals surface area (Å²) in [6.07, 6.45) is -11.7. The molecule has 1 aliphatic rings.